The third-order valence-electron chi connectivity index (χ3n) is 7.92. The Balaban J connectivity index is 1.53. The highest BCUT2D eigenvalue weighted by Gasteiger charge is 2.52. The first-order valence-electron chi connectivity index (χ1n) is 13.5. The van der Waals surface area contributed by atoms with Gasteiger partial charge in [-0.25, -0.2) is 0 Å². The van der Waals surface area contributed by atoms with Crippen LogP contribution >= 0.6 is 0 Å². The van der Waals surface area contributed by atoms with Crippen molar-refractivity contribution in [3.05, 3.63) is 107 Å². The van der Waals surface area contributed by atoms with Crippen molar-refractivity contribution in [2.45, 2.75) is 0 Å². The largest absolute Gasteiger partial charge is 0.508 e. The van der Waals surface area contributed by atoms with E-state index in [1.54, 1.807) is 48.5 Å². The van der Waals surface area contributed by atoms with E-state index in [9.17, 15) is 29.4 Å². The molecule has 10 nitrogen and oxygen atoms in total. The van der Waals surface area contributed by atoms with Crippen molar-refractivity contribution in [1.82, 2.24) is 10.0 Å². The summed E-state index contributed by atoms with van der Waals surface area (Å²) in [5.74, 6) is -3.43. The van der Waals surface area contributed by atoms with Crippen molar-refractivity contribution in [2.75, 3.05) is 14.2 Å². The van der Waals surface area contributed by atoms with Crippen LogP contribution in [0.15, 0.2) is 84.9 Å². The van der Waals surface area contributed by atoms with Crippen LogP contribution in [0.3, 0.4) is 0 Å². The second-order valence-electron chi connectivity index (χ2n) is 10.2. The molecule has 0 bridgehead atoms. The Morgan fingerprint density at radius 2 is 0.795 bits per heavy atom. The van der Waals surface area contributed by atoms with Crippen LogP contribution in [0.1, 0.15) is 41.4 Å². The number of aromatic hydroxyl groups is 2. The number of ether oxygens (including phenoxy) is 2. The molecule has 0 aliphatic carbocycles. The van der Waals surface area contributed by atoms with Crippen LogP contribution in [0.4, 0.5) is 0 Å². The number of imide groups is 2. The van der Waals surface area contributed by atoms with Crippen LogP contribution in [0.25, 0.3) is 33.0 Å². The van der Waals surface area contributed by atoms with Gasteiger partial charge >= 0.3 is 0 Å². The van der Waals surface area contributed by atoms with Crippen LogP contribution < -0.4 is 9.47 Å². The van der Waals surface area contributed by atoms with E-state index in [4.69, 9.17) is 9.47 Å². The van der Waals surface area contributed by atoms with Gasteiger partial charge in [-0.15, -0.1) is 0 Å². The van der Waals surface area contributed by atoms with Gasteiger partial charge in [0, 0.05) is 11.1 Å². The number of methoxy groups -OCH3 is 2. The summed E-state index contributed by atoms with van der Waals surface area (Å²) in [6, 6.07) is 22.5. The van der Waals surface area contributed by atoms with E-state index in [1.807, 2.05) is 0 Å². The summed E-state index contributed by atoms with van der Waals surface area (Å²) in [5, 5.41) is 22.3. The molecule has 2 heterocycles. The normalized spacial score (nSPS) is 14.0. The van der Waals surface area contributed by atoms with Gasteiger partial charge in [-0.1, -0.05) is 48.5 Å². The first-order valence-corrected chi connectivity index (χ1v) is 13.5. The number of hydrogen-bond acceptors (Lipinski definition) is 8. The lowest BCUT2D eigenvalue weighted by atomic mass is 9.84. The zero-order valence-electron chi connectivity index (χ0n) is 23.3. The first kappa shape index (κ1) is 26.7. The van der Waals surface area contributed by atoms with E-state index in [-0.39, 0.29) is 45.3 Å². The third kappa shape index (κ3) is 3.61. The molecule has 0 aromatic heterocycles. The second kappa shape index (κ2) is 9.70. The van der Waals surface area contributed by atoms with E-state index >= 15 is 0 Å². The molecule has 0 spiro atoms. The predicted molar refractivity (Wildman–Crippen MR) is 159 cm³/mol. The fraction of sp³-hybridized carbons (Fsp3) is 0.0588. The number of nitrogens with zero attached hydrogens (tertiary/aromatic N) is 2. The molecular formula is C34H22N2O8. The maximum Gasteiger partial charge on any atom is 0.285 e. The van der Waals surface area contributed by atoms with Gasteiger partial charge in [0.25, 0.3) is 23.6 Å². The lowest BCUT2D eigenvalue weighted by molar-refractivity contribution is 0.00836. The molecule has 0 atom stereocenters. The Hall–Kier alpha value is -6.16. The lowest BCUT2D eigenvalue weighted by Gasteiger charge is -2.23. The van der Waals surface area contributed by atoms with Gasteiger partial charge in [0.1, 0.15) is 34.1 Å². The second-order valence-corrected chi connectivity index (χ2v) is 10.2. The minimum Gasteiger partial charge on any atom is -0.508 e. The lowest BCUT2D eigenvalue weighted by Crippen LogP contribution is -2.49. The summed E-state index contributed by atoms with van der Waals surface area (Å²) in [7, 11) is 2.67. The van der Waals surface area contributed by atoms with Gasteiger partial charge in [0.2, 0.25) is 0 Å². The number of hydrogen-bond donors (Lipinski definition) is 2. The predicted octanol–water partition coefficient (Wildman–Crippen LogP) is 5.41. The molecule has 5 aromatic carbocycles. The van der Waals surface area contributed by atoms with Crippen molar-refractivity contribution < 1.29 is 38.9 Å². The Kier molecular flexibility index (Phi) is 5.89. The molecule has 0 unspecified atom stereocenters. The van der Waals surface area contributed by atoms with E-state index in [2.05, 4.69) is 0 Å². The van der Waals surface area contributed by atoms with E-state index in [1.165, 1.54) is 50.6 Å². The molecule has 10 heteroatoms. The molecule has 0 fully saturated rings. The van der Waals surface area contributed by atoms with Crippen molar-refractivity contribution in [3.8, 4) is 45.3 Å². The summed E-state index contributed by atoms with van der Waals surface area (Å²) < 4.78 is 10.7. The molecule has 2 N–H and O–H groups in total. The Morgan fingerprint density at radius 3 is 1.14 bits per heavy atom. The maximum atomic E-state index is 14.5. The van der Waals surface area contributed by atoms with E-state index in [0.717, 1.165) is 0 Å². The fourth-order valence-electron chi connectivity index (χ4n) is 6.02. The summed E-state index contributed by atoms with van der Waals surface area (Å²) in [6.45, 7) is 0. The fourth-order valence-corrected chi connectivity index (χ4v) is 6.02. The quantitative estimate of drug-likeness (QED) is 0.261. The van der Waals surface area contributed by atoms with Crippen molar-refractivity contribution in [1.29, 1.82) is 0 Å². The number of rotatable bonds is 5. The summed E-state index contributed by atoms with van der Waals surface area (Å²) >= 11 is 0. The number of hydrazine groups is 1. The van der Waals surface area contributed by atoms with Crippen LogP contribution in [0.2, 0.25) is 0 Å². The zero-order valence-corrected chi connectivity index (χ0v) is 23.3. The third-order valence-corrected chi connectivity index (χ3v) is 7.92. The number of amides is 4. The standard InChI is InChI=1S/C34H22N2O8/c1-43-23-15-16-24(44-2)28-27(23)31(39)35(32(28)40)36-33(41)29-25(17-7-11-19(37)12-8-17)21-5-3-4-6-22(21)26(30(29)34(36)42)18-9-13-20(38)14-10-18/h3-16,37-38H,1-2H3. The van der Waals surface area contributed by atoms with Crippen LogP contribution in [-0.4, -0.2) is 58.1 Å². The molecular weight excluding hydrogens is 564 g/mol. The van der Waals surface area contributed by atoms with E-state index in [0.29, 0.717) is 43.0 Å². The Labute approximate surface area is 249 Å². The monoisotopic (exact) mass is 586 g/mol. The number of carbonyl (C=O) groups excluding carboxylic acids is 4. The van der Waals surface area contributed by atoms with Crippen molar-refractivity contribution in [2.24, 2.45) is 0 Å². The molecule has 44 heavy (non-hydrogen) atoms. The number of phenols is 2. The first-order chi connectivity index (χ1) is 21.3. The minimum absolute atomic E-state index is 0.00774. The van der Waals surface area contributed by atoms with Gasteiger partial charge in [-0.3, -0.25) is 19.2 Å². The van der Waals surface area contributed by atoms with Crippen LogP contribution in [0, 0.1) is 0 Å². The van der Waals surface area contributed by atoms with Gasteiger partial charge in [0.05, 0.1) is 25.3 Å². The van der Waals surface area contributed by atoms with Crippen molar-refractivity contribution >= 4 is 34.4 Å². The SMILES string of the molecule is COc1ccc(OC)c2c1C(=O)N(N1C(=O)c3c(c(-c4ccc(O)cc4)c4ccccc4c3-c3ccc(O)cc3)C1=O)C2=O. The number of carbonyl (C=O) groups is 4. The number of benzene rings is 5. The van der Waals surface area contributed by atoms with Gasteiger partial charge in [0.15, 0.2) is 0 Å². The molecule has 0 saturated heterocycles. The molecule has 5 aromatic rings. The highest BCUT2D eigenvalue weighted by molar-refractivity contribution is 6.34. The van der Waals surface area contributed by atoms with Crippen molar-refractivity contribution in [3.63, 3.8) is 0 Å². The van der Waals surface area contributed by atoms with Crippen LogP contribution in [-0.2, 0) is 0 Å². The molecule has 7 rings (SSSR count). The number of fused-ring (bicyclic) bond motifs is 3. The maximum absolute atomic E-state index is 14.5. The summed E-state index contributed by atoms with van der Waals surface area (Å²) in [5.41, 5.74) is 1.56. The van der Waals surface area contributed by atoms with Gasteiger partial charge < -0.3 is 19.7 Å². The Bertz CT molecular complexity index is 1940. The van der Waals surface area contributed by atoms with Gasteiger partial charge in [-0.05, 0) is 58.3 Å². The molecule has 0 saturated carbocycles. The molecule has 2 aliphatic heterocycles. The minimum atomic E-state index is -0.919. The molecule has 2 aliphatic rings. The molecule has 216 valence electrons. The Morgan fingerprint density at radius 1 is 0.455 bits per heavy atom. The molecule has 0 radical (unpaired) electrons. The highest BCUT2D eigenvalue weighted by Crippen LogP contribution is 2.47. The smallest absolute Gasteiger partial charge is 0.285 e. The van der Waals surface area contributed by atoms with Crippen LogP contribution in [0.5, 0.6) is 23.0 Å². The molecule has 4 amide bonds. The van der Waals surface area contributed by atoms with Gasteiger partial charge in [-0.2, -0.15) is 10.0 Å². The highest BCUT2D eigenvalue weighted by atomic mass is 16.5. The zero-order chi connectivity index (χ0) is 30.9. The topological polar surface area (TPSA) is 134 Å². The summed E-state index contributed by atoms with van der Waals surface area (Å²) in [6.07, 6.45) is 0. The number of phenolic OH excluding ortho intramolecular Hbond substituents is 2. The average molecular weight is 587 g/mol. The average Bonchev–Trinajstić information content (AvgIpc) is 3.44. The summed E-state index contributed by atoms with van der Waals surface area (Å²) in [4.78, 5) is 56.7. The van der Waals surface area contributed by atoms with E-state index < -0.39 is 23.6 Å².